The first kappa shape index (κ1) is 21.3. The first-order valence-corrected chi connectivity index (χ1v) is 11.8. The Balaban J connectivity index is 1.21. The molecular weight excluding hydrogens is 402 g/mol. The van der Waals surface area contributed by atoms with Crippen molar-refractivity contribution in [2.24, 2.45) is 5.73 Å². The van der Waals surface area contributed by atoms with E-state index in [1.807, 2.05) is 0 Å². The van der Waals surface area contributed by atoms with Crippen LogP contribution in [-0.4, -0.2) is 72.8 Å². The summed E-state index contributed by atoms with van der Waals surface area (Å²) in [6.45, 7) is 4.51. The van der Waals surface area contributed by atoms with Gasteiger partial charge in [0.1, 0.15) is 5.00 Å². The van der Waals surface area contributed by atoms with E-state index in [9.17, 15) is 14.4 Å². The van der Waals surface area contributed by atoms with Crippen molar-refractivity contribution in [2.75, 3.05) is 44.6 Å². The van der Waals surface area contributed by atoms with E-state index in [2.05, 4.69) is 20.4 Å². The highest BCUT2D eigenvalue weighted by molar-refractivity contribution is 7.17. The summed E-state index contributed by atoms with van der Waals surface area (Å²) in [5, 5.41) is 6.58. The molecule has 3 amide bonds. The first-order valence-electron chi connectivity index (χ1n) is 11.0. The lowest BCUT2D eigenvalue weighted by molar-refractivity contribution is -0.122. The predicted molar refractivity (Wildman–Crippen MR) is 117 cm³/mol. The molecule has 4 N–H and O–H groups in total. The summed E-state index contributed by atoms with van der Waals surface area (Å²) in [4.78, 5) is 42.0. The fraction of sp³-hybridized carbons (Fsp3) is 0.667. The molecular formula is C21H31N5O3S. The van der Waals surface area contributed by atoms with Crippen LogP contribution >= 0.6 is 11.3 Å². The highest BCUT2D eigenvalue weighted by Crippen LogP contribution is 2.37. The van der Waals surface area contributed by atoms with Crippen molar-refractivity contribution >= 4 is 34.1 Å². The maximum atomic E-state index is 12.5. The Kier molecular flexibility index (Phi) is 6.70. The number of carbonyl (C=O) groups excluding carboxylic acids is 3. The topological polar surface area (TPSA) is 108 Å². The molecule has 0 radical (unpaired) electrons. The highest BCUT2D eigenvalue weighted by atomic mass is 32.1. The van der Waals surface area contributed by atoms with Gasteiger partial charge in [0.25, 0.3) is 5.91 Å². The number of amides is 3. The number of nitrogens with two attached hydrogens (primary N) is 1. The zero-order valence-corrected chi connectivity index (χ0v) is 18.2. The van der Waals surface area contributed by atoms with Gasteiger partial charge in [-0.15, -0.1) is 11.3 Å². The maximum absolute atomic E-state index is 12.5. The van der Waals surface area contributed by atoms with E-state index >= 15 is 0 Å². The molecule has 1 aromatic rings. The van der Waals surface area contributed by atoms with Crippen LogP contribution in [0.25, 0.3) is 0 Å². The van der Waals surface area contributed by atoms with Gasteiger partial charge in [0.05, 0.1) is 12.1 Å². The van der Waals surface area contributed by atoms with Crippen LogP contribution in [0.2, 0.25) is 0 Å². The van der Waals surface area contributed by atoms with Gasteiger partial charge in [-0.2, -0.15) is 0 Å². The second kappa shape index (κ2) is 9.45. The number of nitrogens with zero attached hydrogens (tertiary/aromatic N) is 2. The molecule has 0 aromatic carbocycles. The maximum Gasteiger partial charge on any atom is 0.251 e. The lowest BCUT2D eigenvalue weighted by Crippen LogP contribution is -2.50. The Labute approximate surface area is 181 Å². The van der Waals surface area contributed by atoms with Gasteiger partial charge >= 0.3 is 0 Å². The van der Waals surface area contributed by atoms with Crippen LogP contribution in [-0.2, 0) is 22.4 Å². The molecule has 4 rings (SSSR count). The third kappa shape index (κ3) is 5.39. The summed E-state index contributed by atoms with van der Waals surface area (Å²) in [7, 11) is 0. The number of fused-ring (bicyclic) bond motifs is 1. The Hall–Kier alpha value is -1.97. The van der Waals surface area contributed by atoms with Crippen molar-refractivity contribution in [3.05, 3.63) is 16.0 Å². The van der Waals surface area contributed by atoms with Gasteiger partial charge in [-0.1, -0.05) is 0 Å². The number of hydrogen-bond acceptors (Lipinski definition) is 6. The number of hydrogen-bond donors (Lipinski definition) is 3. The number of carbonyl (C=O) groups is 3. The summed E-state index contributed by atoms with van der Waals surface area (Å²) in [6, 6.07) is 0.404. The van der Waals surface area contributed by atoms with Gasteiger partial charge in [0, 0.05) is 50.1 Å². The largest absolute Gasteiger partial charge is 0.365 e. The third-order valence-electron chi connectivity index (χ3n) is 6.10. The molecule has 0 bridgehead atoms. The molecule has 30 heavy (non-hydrogen) atoms. The van der Waals surface area contributed by atoms with E-state index in [4.69, 9.17) is 5.73 Å². The molecule has 9 heteroatoms. The van der Waals surface area contributed by atoms with E-state index in [1.54, 1.807) is 0 Å². The van der Waals surface area contributed by atoms with Crippen molar-refractivity contribution in [3.63, 3.8) is 0 Å². The Morgan fingerprint density at radius 1 is 1.00 bits per heavy atom. The molecule has 8 nitrogen and oxygen atoms in total. The minimum absolute atomic E-state index is 0.0812. The smallest absolute Gasteiger partial charge is 0.251 e. The van der Waals surface area contributed by atoms with Crippen LogP contribution in [0, 0.1) is 0 Å². The summed E-state index contributed by atoms with van der Waals surface area (Å²) in [5.74, 6) is -0.414. The Morgan fingerprint density at radius 2 is 1.70 bits per heavy atom. The fourth-order valence-electron chi connectivity index (χ4n) is 4.24. The van der Waals surface area contributed by atoms with E-state index < -0.39 is 5.91 Å². The average molecular weight is 434 g/mol. The third-order valence-corrected chi connectivity index (χ3v) is 7.31. The SMILES string of the molecule is NC(=O)c1c(NC(=O)CCN2CCN(CC(=O)NC3CC3)CC2)sc2c1CCCC2. The van der Waals surface area contributed by atoms with Crippen LogP contribution in [0.3, 0.4) is 0 Å². The van der Waals surface area contributed by atoms with Gasteiger partial charge in [-0.25, -0.2) is 0 Å². The number of rotatable bonds is 8. The number of piperazine rings is 1. The molecule has 2 aliphatic carbocycles. The zero-order valence-electron chi connectivity index (χ0n) is 17.4. The van der Waals surface area contributed by atoms with Crippen molar-refractivity contribution in [3.8, 4) is 0 Å². The summed E-state index contributed by atoms with van der Waals surface area (Å²) >= 11 is 1.50. The first-order chi connectivity index (χ1) is 14.5. The summed E-state index contributed by atoms with van der Waals surface area (Å²) in [5.41, 5.74) is 7.15. The van der Waals surface area contributed by atoms with Crippen LogP contribution in [0.4, 0.5) is 5.00 Å². The van der Waals surface area contributed by atoms with Crippen molar-refractivity contribution in [1.82, 2.24) is 15.1 Å². The van der Waals surface area contributed by atoms with E-state index in [0.29, 0.717) is 36.1 Å². The quantitative estimate of drug-likeness (QED) is 0.566. The molecule has 1 saturated heterocycles. The number of aryl methyl sites for hydroxylation is 1. The second-order valence-corrected chi connectivity index (χ2v) is 9.64. The fourth-order valence-corrected chi connectivity index (χ4v) is 5.55. The predicted octanol–water partition coefficient (Wildman–Crippen LogP) is 0.951. The van der Waals surface area contributed by atoms with Crippen molar-refractivity contribution in [2.45, 2.75) is 51.0 Å². The van der Waals surface area contributed by atoms with Crippen LogP contribution < -0.4 is 16.4 Å². The normalized spacial score (nSPS) is 19.9. The Bertz CT molecular complexity index is 812. The summed E-state index contributed by atoms with van der Waals surface area (Å²) < 4.78 is 0. The van der Waals surface area contributed by atoms with Gasteiger partial charge in [0.2, 0.25) is 11.8 Å². The van der Waals surface area contributed by atoms with Crippen molar-refractivity contribution < 1.29 is 14.4 Å². The van der Waals surface area contributed by atoms with Crippen molar-refractivity contribution in [1.29, 1.82) is 0 Å². The minimum Gasteiger partial charge on any atom is -0.365 e. The van der Waals surface area contributed by atoms with Crippen LogP contribution in [0.1, 0.15) is 52.9 Å². The van der Waals surface area contributed by atoms with E-state index in [0.717, 1.165) is 70.3 Å². The number of primary amides is 1. The van der Waals surface area contributed by atoms with E-state index in [1.165, 1.54) is 16.2 Å². The number of thiophene rings is 1. The zero-order chi connectivity index (χ0) is 21.1. The molecule has 0 spiro atoms. The minimum atomic E-state index is -0.452. The van der Waals surface area contributed by atoms with Gasteiger partial charge in [-0.05, 0) is 44.1 Å². The Morgan fingerprint density at radius 3 is 2.40 bits per heavy atom. The monoisotopic (exact) mass is 433 g/mol. The number of anilines is 1. The lowest BCUT2D eigenvalue weighted by Gasteiger charge is -2.34. The second-order valence-electron chi connectivity index (χ2n) is 8.54. The average Bonchev–Trinajstić information content (AvgIpc) is 3.44. The molecule has 1 aromatic heterocycles. The molecule has 2 heterocycles. The molecule has 164 valence electrons. The molecule has 0 atom stereocenters. The highest BCUT2D eigenvalue weighted by Gasteiger charge is 2.26. The summed E-state index contributed by atoms with van der Waals surface area (Å²) in [6.07, 6.45) is 6.59. The number of nitrogens with one attached hydrogen (secondary N) is 2. The van der Waals surface area contributed by atoms with Gasteiger partial charge in [-0.3, -0.25) is 19.3 Å². The van der Waals surface area contributed by atoms with Gasteiger partial charge in [0.15, 0.2) is 0 Å². The molecule has 1 aliphatic heterocycles. The van der Waals surface area contributed by atoms with E-state index in [-0.39, 0.29) is 11.8 Å². The lowest BCUT2D eigenvalue weighted by atomic mass is 9.95. The molecule has 1 saturated carbocycles. The van der Waals surface area contributed by atoms with Crippen LogP contribution in [0.15, 0.2) is 0 Å². The van der Waals surface area contributed by atoms with Gasteiger partial charge < -0.3 is 21.3 Å². The molecule has 2 fully saturated rings. The molecule has 0 unspecified atom stereocenters. The van der Waals surface area contributed by atoms with Crippen LogP contribution in [0.5, 0.6) is 0 Å². The molecule has 3 aliphatic rings. The standard InChI is InChI=1S/C21H31N5O3S/c22-20(29)19-15-3-1-2-4-16(15)30-21(19)24-17(27)7-8-25-9-11-26(12-10-25)13-18(28)23-14-5-6-14/h14H,1-13H2,(H2,22,29)(H,23,28)(H,24,27).